The first-order valence-electron chi connectivity index (χ1n) is 7.12. The van der Waals surface area contributed by atoms with Crippen molar-refractivity contribution in [2.75, 3.05) is 18.1 Å². The molecule has 0 saturated heterocycles. The number of hydrogen-bond donors (Lipinski definition) is 0. The lowest BCUT2D eigenvalue weighted by molar-refractivity contribution is 0.0995. The standard InChI is InChI=1S/C15H16N2O3S3/c1-2-7-21-22-8-3-6-19-15(18)20-11-4-5-12-13(9-11)23-14(10-16)17-12/h4-5,9H,2-3,6-8H2,1H3. The molecule has 0 spiro atoms. The Morgan fingerprint density at radius 3 is 3.00 bits per heavy atom. The molecule has 0 saturated carbocycles. The second kappa shape index (κ2) is 9.65. The van der Waals surface area contributed by atoms with Gasteiger partial charge in [0.25, 0.3) is 0 Å². The van der Waals surface area contributed by atoms with E-state index in [9.17, 15) is 4.79 Å². The number of benzene rings is 1. The van der Waals surface area contributed by atoms with E-state index in [4.69, 9.17) is 14.7 Å². The first-order valence-corrected chi connectivity index (χ1v) is 10.4. The SMILES string of the molecule is CCCSSCCCOC(=O)Oc1ccc2nc(C#N)sc2c1. The lowest BCUT2D eigenvalue weighted by atomic mass is 10.3. The fourth-order valence-electron chi connectivity index (χ4n) is 1.62. The number of nitrogens with zero attached hydrogens (tertiary/aromatic N) is 2. The molecule has 0 fully saturated rings. The van der Waals surface area contributed by atoms with Gasteiger partial charge in [-0.3, -0.25) is 0 Å². The Labute approximate surface area is 146 Å². The minimum absolute atomic E-state index is 0.347. The summed E-state index contributed by atoms with van der Waals surface area (Å²) in [5, 5.41) is 9.22. The van der Waals surface area contributed by atoms with Crippen molar-refractivity contribution < 1.29 is 14.3 Å². The molecule has 1 heterocycles. The first kappa shape index (κ1) is 17.9. The minimum atomic E-state index is -0.708. The highest BCUT2D eigenvalue weighted by Gasteiger charge is 2.09. The molecule has 2 rings (SSSR count). The van der Waals surface area contributed by atoms with Gasteiger partial charge in [-0.05, 0) is 25.0 Å². The van der Waals surface area contributed by atoms with E-state index >= 15 is 0 Å². The highest BCUT2D eigenvalue weighted by molar-refractivity contribution is 8.76. The maximum absolute atomic E-state index is 11.6. The van der Waals surface area contributed by atoms with Gasteiger partial charge in [-0.25, -0.2) is 9.78 Å². The number of rotatable bonds is 8. The van der Waals surface area contributed by atoms with Crippen molar-refractivity contribution in [3.63, 3.8) is 0 Å². The zero-order valence-corrected chi connectivity index (χ0v) is 15.1. The molecule has 122 valence electrons. The molecule has 0 bridgehead atoms. The van der Waals surface area contributed by atoms with Crippen molar-refractivity contribution in [1.82, 2.24) is 4.98 Å². The Balaban J connectivity index is 1.73. The normalized spacial score (nSPS) is 10.4. The van der Waals surface area contributed by atoms with E-state index in [0.29, 0.717) is 22.9 Å². The van der Waals surface area contributed by atoms with Gasteiger partial charge < -0.3 is 9.47 Å². The smallest absolute Gasteiger partial charge is 0.434 e. The van der Waals surface area contributed by atoms with E-state index in [1.165, 1.54) is 17.8 Å². The second-order valence-electron chi connectivity index (χ2n) is 4.46. The molecule has 2 aromatic rings. The molecule has 8 heteroatoms. The van der Waals surface area contributed by atoms with E-state index in [1.54, 1.807) is 29.0 Å². The second-order valence-corrected chi connectivity index (χ2v) is 8.19. The molecule has 23 heavy (non-hydrogen) atoms. The van der Waals surface area contributed by atoms with Crippen molar-refractivity contribution in [2.45, 2.75) is 19.8 Å². The summed E-state index contributed by atoms with van der Waals surface area (Å²) in [5.41, 5.74) is 0.717. The average Bonchev–Trinajstić information content (AvgIpc) is 2.96. The molecule has 0 atom stereocenters. The summed E-state index contributed by atoms with van der Waals surface area (Å²) in [6, 6.07) is 7.05. The molecule has 0 aliphatic heterocycles. The first-order chi connectivity index (χ1) is 11.2. The maximum atomic E-state index is 11.6. The van der Waals surface area contributed by atoms with Gasteiger partial charge in [0.05, 0.1) is 16.8 Å². The third-order valence-corrected chi connectivity index (χ3v) is 6.24. The van der Waals surface area contributed by atoms with Crippen molar-refractivity contribution in [3.05, 3.63) is 23.2 Å². The minimum Gasteiger partial charge on any atom is -0.434 e. The number of fused-ring (bicyclic) bond motifs is 1. The van der Waals surface area contributed by atoms with Crippen LogP contribution in [-0.2, 0) is 4.74 Å². The Morgan fingerprint density at radius 1 is 1.39 bits per heavy atom. The van der Waals surface area contributed by atoms with E-state index in [-0.39, 0.29) is 0 Å². The Bertz CT molecular complexity index is 697. The topological polar surface area (TPSA) is 72.2 Å². The fourth-order valence-corrected chi connectivity index (χ4v) is 4.61. The third-order valence-electron chi connectivity index (χ3n) is 2.62. The van der Waals surface area contributed by atoms with Crippen LogP contribution in [0.2, 0.25) is 0 Å². The number of aromatic nitrogens is 1. The maximum Gasteiger partial charge on any atom is 0.513 e. The molecule has 0 N–H and O–H groups in total. The Morgan fingerprint density at radius 2 is 2.22 bits per heavy atom. The van der Waals surface area contributed by atoms with Crippen LogP contribution in [0.4, 0.5) is 4.79 Å². The highest BCUT2D eigenvalue weighted by atomic mass is 33.1. The van der Waals surface area contributed by atoms with E-state index in [2.05, 4.69) is 11.9 Å². The predicted molar refractivity (Wildman–Crippen MR) is 96.1 cm³/mol. The number of thiazole rings is 1. The van der Waals surface area contributed by atoms with Crippen LogP contribution in [0, 0.1) is 11.3 Å². The number of nitriles is 1. The quantitative estimate of drug-likeness (QED) is 0.285. The van der Waals surface area contributed by atoms with Crippen molar-refractivity contribution >= 4 is 49.3 Å². The predicted octanol–water partition coefficient (Wildman–Crippen LogP) is 4.86. The van der Waals surface area contributed by atoms with Crippen LogP contribution in [0.5, 0.6) is 5.75 Å². The Kier molecular flexibility index (Phi) is 7.52. The van der Waals surface area contributed by atoms with Crippen molar-refractivity contribution in [1.29, 1.82) is 5.26 Å². The highest BCUT2D eigenvalue weighted by Crippen LogP contribution is 2.26. The largest absolute Gasteiger partial charge is 0.513 e. The lowest BCUT2D eigenvalue weighted by Gasteiger charge is -2.05. The molecular weight excluding hydrogens is 352 g/mol. The van der Waals surface area contributed by atoms with Crippen LogP contribution in [0.3, 0.4) is 0 Å². The zero-order chi connectivity index (χ0) is 16.5. The molecule has 1 aromatic carbocycles. The molecular formula is C15H16N2O3S3. The van der Waals surface area contributed by atoms with Gasteiger partial charge in [0.15, 0.2) is 5.01 Å². The van der Waals surface area contributed by atoms with Crippen LogP contribution in [0.15, 0.2) is 18.2 Å². The molecule has 0 unspecified atom stereocenters. The number of carbonyl (C=O) groups excluding carboxylic acids is 1. The molecule has 0 aliphatic rings. The summed E-state index contributed by atoms with van der Waals surface area (Å²) >= 11 is 1.26. The summed E-state index contributed by atoms with van der Waals surface area (Å²) in [5.74, 6) is 2.48. The van der Waals surface area contributed by atoms with Gasteiger partial charge in [-0.2, -0.15) is 5.26 Å². The summed E-state index contributed by atoms with van der Waals surface area (Å²) in [6.07, 6.45) is 1.26. The molecule has 0 aliphatic carbocycles. The molecule has 0 amide bonds. The van der Waals surface area contributed by atoms with Gasteiger partial charge >= 0.3 is 6.16 Å². The van der Waals surface area contributed by atoms with Crippen molar-refractivity contribution in [3.8, 4) is 11.8 Å². The van der Waals surface area contributed by atoms with Crippen LogP contribution in [0.25, 0.3) is 10.2 Å². The summed E-state index contributed by atoms with van der Waals surface area (Å²) in [4.78, 5) is 15.7. The molecule has 0 radical (unpaired) electrons. The van der Waals surface area contributed by atoms with Gasteiger partial charge in [0.2, 0.25) is 0 Å². The zero-order valence-electron chi connectivity index (χ0n) is 12.6. The lowest BCUT2D eigenvalue weighted by Crippen LogP contribution is -2.11. The number of carbonyl (C=O) groups is 1. The molecule has 1 aromatic heterocycles. The molecule has 5 nitrogen and oxygen atoms in total. The fraction of sp³-hybridized carbons (Fsp3) is 0.400. The monoisotopic (exact) mass is 368 g/mol. The third kappa shape index (κ3) is 5.94. The van der Waals surface area contributed by atoms with Gasteiger partial charge in [0, 0.05) is 17.6 Å². The Hall–Kier alpha value is -1.43. The van der Waals surface area contributed by atoms with Crippen LogP contribution in [0.1, 0.15) is 24.8 Å². The van der Waals surface area contributed by atoms with E-state index < -0.39 is 6.16 Å². The number of hydrogen-bond acceptors (Lipinski definition) is 8. The summed E-state index contributed by atoms with van der Waals surface area (Å²) in [7, 11) is 3.63. The van der Waals surface area contributed by atoms with E-state index in [0.717, 1.165) is 22.6 Å². The van der Waals surface area contributed by atoms with Gasteiger partial charge in [-0.15, -0.1) is 11.3 Å². The summed E-state index contributed by atoms with van der Waals surface area (Å²) in [6.45, 7) is 2.50. The van der Waals surface area contributed by atoms with Crippen LogP contribution < -0.4 is 4.74 Å². The average molecular weight is 369 g/mol. The van der Waals surface area contributed by atoms with Gasteiger partial charge in [-0.1, -0.05) is 28.5 Å². The summed E-state index contributed by atoms with van der Waals surface area (Å²) < 4.78 is 11.0. The van der Waals surface area contributed by atoms with Crippen LogP contribution >= 0.6 is 32.9 Å². The van der Waals surface area contributed by atoms with Crippen molar-refractivity contribution in [2.24, 2.45) is 0 Å². The van der Waals surface area contributed by atoms with E-state index in [1.807, 2.05) is 16.9 Å². The van der Waals surface area contributed by atoms with Gasteiger partial charge in [0.1, 0.15) is 11.8 Å². The number of ether oxygens (including phenoxy) is 2. The van der Waals surface area contributed by atoms with Crippen LogP contribution in [-0.4, -0.2) is 29.3 Å².